The molecule has 0 aromatic carbocycles. The van der Waals surface area contributed by atoms with Crippen LogP contribution in [0.25, 0.3) is 0 Å². The number of hydrogen-bond acceptors (Lipinski definition) is 4. The highest BCUT2D eigenvalue weighted by Crippen LogP contribution is 2.17. The Morgan fingerprint density at radius 1 is 1.40 bits per heavy atom. The molecule has 0 atom stereocenters. The smallest absolute Gasteiger partial charge is 0.307 e. The van der Waals surface area contributed by atoms with Crippen molar-refractivity contribution in [3.8, 4) is 0 Å². The van der Waals surface area contributed by atoms with E-state index >= 15 is 0 Å². The van der Waals surface area contributed by atoms with Crippen LogP contribution in [-0.2, 0) is 14.3 Å². The highest BCUT2D eigenvalue weighted by Gasteiger charge is 2.20. The van der Waals surface area contributed by atoms with Gasteiger partial charge in [-0.25, -0.2) is 0 Å². The molecule has 0 aliphatic heterocycles. The number of carbonyl (C=O) groups excluding carboxylic acids is 2. The summed E-state index contributed by atoms with van der Waals surface area (Å²) in [6, 6.07) is 0.529. The fourth-order valence-electron chi connectivity index (χ4n) is 1.12. The number of nitrogens with one attached hydrogen (secondary N) is 2. The van der Waals surface area contributed by atoms with Crippen LogP contribution in [0.1, 0.15) is 26.2 Å². The maximum absolute atomic E-state index is 11.2. The van der Waals surface area contributed by atoms with Crippen LogP contribution < -0.4 is 10.6 Å². The first kappa shape index (κ1) is 12.0. The van der Waals surface area contributed by atoms with Crippen molar-refractivity contribution in [1.29, 1.82) is 0 Å². The van der Waals surface area contributed by atoms with Crippen LogP contribution in [0.2, 0.25) is 0 Å². The van der Waals surface area contributed by atoms with Crippen molar-refractivity contribution < 1.29 is 14.3 Å². The number of hydrogen-bond donors (Lipinski definition) is 2. The van der Waals surface area contributed by atoms with E-state index in [0.29, 0.717) is 25.7 Å². The monoisotopic (exact) mass is 214 g/mol. The molecule has 1 saturated carbocycles. The summed E-state index contributed by atoms with van der Waals surface area (Å²) in [4.78, 5) is 22.1. The minimum atomic E-state index is -0.270. The lowest BCUT2D eigenvalue weighted by Gasteiger charge is -2.05. The molecule has 1 amide bonds. The summed E-state index contributed by atoms with van der Waals surface area (Å²) in [5.74, 6) is -0.334. The van der Waals surface area contributed by atoms with Crippen molar-refractivity contribution in [2.24, 2.45) is 0 Å². The first-order valence-electron chi connectivity index (χ1n) is 5.38. The number of rotatable bonds is 7. The Hall–Kier alpha value is -1.10. The summed E-state index contributed by atoms with van der Waals surface area (Å²) in [5, 5.41) is 5.74. The van der Waals surface area contributed by atoms with Gasteiger partial charge in [0.15, 0.2) is 0 Å². The lowest BCUT2D eigenvalue weighted by atomic mass is 10.4. The molecule has 0 radical (unpaired) electrons. The molecule has 1 fully saturated rings. The molecule has 1 aliphatic rings. The predicted molar refractivity (Wildman–Crippen MR) is 55.3 cm³/mol. The van der Waals surface area contributed by atoms with Gasteiger partial charge in [-0.2, -0.15) is 0 Å². The molecule has 1 rings (SSSR count). The van der Waals surface area contributed by atoms with Crippen LogP contribution >= 0.6 is 0 Å². The molecule has 0 aromatic heterocycles. The molecule has 86 valence electrons. The third kappa shape index (κ3) is 6.06. The summed E-state index contributed by atoms with van der Waals surface area (Å²) in [6.07, 6.45) is 2.56. The molecule has 0 saturated heterocycles. The predicted octanol–water partition coefficient (Wildman–Crippen LogP) is -0.192. The number of esters is 1. The van der Waals surface area contributed by atoms with Gasteiger partial charge >= 0.3 is 5.97 Å². The van der Waals surface area contributed by atoms with Crippen molar-refractivity contribution in [2.75, 3.05) is 19.7 Å². The Labute approximate surface area is 89.6 Å². The Morgan fingerprint density at radius 2 is 2.13 bits per heavy atom. The molecule has 1 aliphatic carbocycles. The molecule has 0 heterocycles. The van der Waals surface area contributed by atoms with Crippen LogP contribution in [0.5, 0.6) is 0 Å². The molecule has 0 bridgehead atoms. The van der Waals surface area contributed by atoms with Gasteiger partial charge in [0, 0.05) is 12.6 Å². The maximum atomic E-state index is 11.2. The number of amides is 1. The summed E-state index contributed by atoms with van der Waals surface area (Å²) in [5.41, 5.74) is 0. The van der Waals surface area contributed by atoms with Crippen molar-refractivity contribution >= 4 is 11.9 Å². The van der Waals surface area contributed by atoms with Gasteiger partial charge < -0.3 is 15.4 Å². The Kier molecular flexibility index (Phi) is 5.10. The van der Waals surface area contributed by atoms with E-state index in [1.54, 1.807) is 6.92 Å². The first-order chi connectivity index (χ1) is 7.22. The zero-order valence-electron chi connectivity index (χ0n) is 9.04. The number of carbonyl (C=O) groups is 2. The second kappa shape index (κ2) is 6.40. The van der Waals surface area contributed by atoms with Crippen molar-refractivity contribution in [3.63, 3.8) is 0 Å². The maximum Gasteiger partial charge on any atom is 0.307 e. The standard InChI is InChI=1S/C10H18N2O3/c1-2-15-10(14)5-6-11-9(13)7-12-8-3-4-8/h8,12H,2-7H2,1H3,(H,11,13). The minimum Gasteiger partial charge on any atom is -0.466 e. The lowest BCUT2D eigenvalue weighted by molar-refractivity contribution is -0.143. The molecule has 15 heavy (non-hydrogen) atoms. The molecule has 2 N–H and O–H groups in total. The van der Waals surface area contributed by atoms with Crippen LogP contribution in [0.4, 0.5) is 0 Å². The van der Waals surface area contributed by atoms with Crippen molar-refractivity contribution in [2.45, 2.75) is 32.2 Å². The second-order valence-corrected chi connectivity index (χ2v) is 3.56. The van der Waals surface area contributed by atoms with Crippen LogP contribution in [-0.4, -0.2) is 37.6 Å². The first-order valence-corrected chi connectivity index (χ1v) is 5.38. The fraction of sp³-hybridized carbons (Fsp3) is 0.800. The Balaban J connectivity index is 1.93. The quantitative estimate of drug-likeness (QED) is 0.576. The average Bonchev–Trinajstić information content (AvgIpc) is 2.98. The SMILES string of the molecule is CCOC(=O)CCNC(=O)CNC1CC1. The van der Waals surface area contributed by atoms with Gasteiger partial charge in [-0.15, -0.1) is 0 Å². The summed E-state index contributed by atoms with van der Waals surface area (Å²) in [6.45, 7) is 2.84. The van der Waals surface area contributed by atoms with Crippen molar-refractivity contribution in [1.82, 2.24) is 10.6 Å². The molecular weight excluding hydrogens is 196 g/mol. The molecule has 0 unspecified atom stereocenters. The van der Waals surface area contributed by atoms with E-state index in [9.17, 15) is 9.59 Å². The van der Waals surface area contributed by atoms with Gasteiger partial charge in [0.2, 0.25) is 5.91 Å². The van der Waals surface area contributed by atoms with Crippen LogP contribution in [0.15, 0.2) is 0 Å². The summed E-state index contributed by atoms with van der Waals surface area (Å²) >= 11 is 0. The summed E-state index contributed by atoms with van der Waals surface area (Å²) < 4.78 is 4.73. The lowest BCUT2D eigenvalue weighted by Crippen LogP contribution is -2.35. The van der Waals surface area contributed by atoms with Gasteiger partial charge in [0.25, 0.3) is 0 Å². The zero-order chi connectivity index (χ0) is 11.1. The van der Waals surface area contributed by atoms with Gasteiger partial charge in [-0.3, -0.25) is 9.59 Å². The van der Waals surface area contributed by atoms with Gasteiger partial charge in [-0.1, -0.05) is 0 Å². The Bertz CT molecular complexity index is 227. The molecule has 5 nitrogen and oxygen atoms in total. The van der Waals surface area contributed by atoms with E-state index in [1.165, 1.54) is 0 Å². The topological polar surface area (TPSA) is 67.4 Å². The zero-order valence-corrected chi connectivity index (χ0v) is 9.04. The van der Waals surface area contributed by atoms with E-state index in [4.69, 9.17) is 4.74 Å². The minimum absolute atomic E-state index is 0.0637. The largest absolute Gasteiger partial charge is 0.466 e. The number of ether oxygens (including phenoxy) is 1. The summed E-state index contributed by atoms with van der Waals surface area (Å²) in [7, 11) is 0. The van der Waals surface area contributed by atoms with Gasteiger partial charge in [0.05, 0.1) is 19.6 Å². The van der Waals surface area contributed by atoms with E-state index in [0.717, 1.165) is 12.8 Å². The van der Waals surface area contributed by atoms with Gasteiger partial charge in [0.1, 0.15) is 0 Å². The average molecular weight is 214 g/mol. The molecule has 0 aromatic rings. The third-order valence-corrected chi connectivity index (χ3v) is 2.09. The third-order valence-electron chi connectivity index (χ3n) is 2.09. The van der Waals surface area contributed by atoms with E-state index in [1.807, 2.05) is 0 Å². The fourth-order valence-corrected chi connectivity index (χ4v) is 1.12. The van der Waals surface area contributed by atoms with Crippen LogP contribution in [0, 0.1) is 0 Å². The van der Waals surface area contributed by atoms with Crippen molar-refractivity contribution in [3.05, 3.63) is 0 Å². The van der Waals surface area contributed by atoms with Gasteiger partial charge in [-0.05, 0) is 19.8 Å². The second-order valence-electron chi connectivity index (χ2n) is 3.56. The normalized spacial score (nSPS) is 14.7. The molecular formula is C10H18N2O3. The highest BCUT2D eigenvalue weighted by atomic mass is 16.5. The molecule has 0 spiro atoms. The highest BCUT2D eigenvalue weighted by molar-refractivity contribution is 5.78. The molecule has 5 heteroatoms. The van der Waals surface area contributed by atoms with Crippen LogP contribution in [0.3, 0.4) is 0 Å². The van der Waals surface area contributed by atoms with E-state index in [2.05, 4.69) is 10.6 Å². The Morgan fingerprint density at radius 3 is 2.73 bits per heavy atom. The van der Waals surface area contributed by atoms with E-state index in [-0.39, 0.29) is 18.3 Å². The van der Waals surface area contributed by atoms with E-state index < -0.39 is 0 Å².